The Kier molecular flexibility index (Phi) is 6.10. The lowest BCUT2D eigenvalue weighted by Gasteiger charge is -2.39. The van der Waals surface area contributed by atoms with Crippen molar-refractivity contribution < 1.29 is 9.59 Å². The van der Waals surface area contributed by atoms with Crippen molar-refractivity contribution in [2.24, 2.45) is 5.92 Å². The summed E-state index contributed by atoms with van der Waals surface area (Å²) in [6.45, 7) is 4.01. The van der Waals surface area contributed by atoms with Gasteiger partial charge in [-0.3, -0.25) is 14.5 Å². The summed E-state index contributed by atoms with van der Waals surface area (Å²) in [4.78, 5) is 33.6. The number of piperazine rings is 1. The van der Waals surface area contributed by atoms with E-state index >= 15 is 0 Å². The zero-order valence-electron chi connectivity index (χ0n) is 18.0. The molecule has 0 spiro atoms. The minimum Gasteiger partial charge on any atom is -0.339 e. The third-order valence-electron chi connectivity index (χ3n) is 7.17. The molecule has 2 fully saturated rings. The summed E-state index contributed by atoms with van der Waals surface area (Å²) in [5.74, 6) is 0.726. The summed E-state index contributed by atoms with van der Waals surface area (Å²) in [5, 5.41) is 2.17. The third kappa shape index (κ3) is 4.28. The lowest BCUT2D eigenvalue weighted by atomic mass is 9.93. The molecule has 3 heterocycles. The van der Waals surface area contributed by atoms with Crippen LogP contribution in [-0.4, -0.2) is 65.8 Å². The number of hydrogen-bond donors (Lipinski definition) is 0. The Morgan fingerprint density at radius 1 is 0.903 bits per heavy atom. The molecule has 5 nitrogen and oxygen atoms in total. The van der Waals surface area contributed by atoms with Crippen LogP contribution in [0.25, 0.3) is 0 Å². The van der Waals surface area contributed by atoms with E-state index in [1.54, 1.807) is 0 Å². The maximum Gasteiger partial charge on any atom is 0.236 e. The van der Waals surface area contributed by atoms with Gasteiger partial charge < -0.3 is 9.80 Å². The molecule has 1 unspecified atom stereocenters. The molecule has 0 N–H and O–H groups in total. The van der Waals surface area contributed by atoms with Gasteiger partial charge in [0.1, 0.15) is 0 Å². The molecule has 164 valence electrons. The maximum atomic E-state index is 13.2. The molecule has 0 radical (unpaired) electrons. The van der Waals surface area contributed by atoms with Gasteiger partial charge in [0, 0.05) is 43.5 Å². The number of carbonyl (C=O) groups excluding carboxylic acids is 2. The van der Waals surface area contributed by atoms with Crippen LogP contribution in [0, 0.1) is 5.92 Å². The van der Waals surface area contributed by atoms with Gasteiger partial charge in [-0.2, -0.15) is 0 Å². The van der Waals surface area contributed by atoms with E-state index < -0.39 is 0 Å². The Morgan fingerprint density at radius 3 is 2.35 bits per heavy atom. The Bertz CT molecular complexity index is 914. The standard InChI is InChI=1S/C25H31N3O2S/c29-23(26-13-15-27(16-14-26)25(30)20-8-4-5-9-20)18-28-12-10-22-21(11-17-31-22)24(28)19-6-2-1-3-7-19/h1-3,6-7,11,17,20,24H,4-5,8-10,12-16,18H2. The van der Waals surface area contributed by atoms with Crippen LogP contribution in [0.3, 0.4) is 0 Å². The van der Waals surface area contributed by atoms with Crippen LogP contribution < -0.4 is 0 Å². The zero-order chi connectivity index (χ0) is 21.2. The van der Waals surface area contributed by atoms with E-state index in [1.807, 2.05) is 27.2 Å². The summed E-state index contributed by atoms with van der Waals surface area (Å²) in [6, 6.07) is 12.9. The van der Waals surface area contributed by atoms with E-state index in [-0.39, 0.29) is 17.9 Å². The SMILES string of the molecule is O=C(CN1CCc2sccc2C1c1ccccc1)N1CCN(C(=O)C2CCCC2)CC1. The van der Waals surface area contributed by atoms with Crippen LogP contribution in [0.1, 0.15) is 47.7 Å². The molecule has 6 heteroatoms. The van der Waals surface area contributed by atoms with E-state index in [9.17, 15) is 9.59 Å². The van der Waals surface area contributed by atoms with Crippen LogP contribution in [0.2, 0.25) is 0 Å². The fourth-order valence-corrected chi connectivity index (χ4v) is 6.35. The first-order valence-electron chi connectivity index (χ1n) is 11.6. The summed E-state index contributed by atoms with van der Waals surface area (Å²) in [7, 11) is 0. The highest BCUT2D eigenvalue weighted by molar-refractivity contribution is 7.10. The van der Waals surface area contributed by atoms with Crippen molar-refractivity contribution in [2.75, 3.05) is 39.3 Å². The number of rotatable bonds is 4. The molecule has 1 aliphatic carbocycles. The predicted octanol–water partition coefficient (Wildman–Crippen LogP) is 3.56. The van der Waals surface area contributed by atoms with Gasteiger partial charge in [-0.25, -0.2) is 0 Å². The predicted molar refractivity (Wildman–Crippen MR) is 123 cm³/mol. The second-order valence-corrected chi connectivity index (χ2v) is 10.0. The number of carbonyl (C=O) groups is 2. The Balaban J connectivity index is 1.23. The highest BCUT2D eigenvalue weighted by atomic mass is 32.1. The van der Waals surface area contributed by atoms with Gasteiger partial charge in [-0.05, 0) is 41.8 Å². The van der Waals surface area contributed by atoms with Crippen LogP contribution in [0.15, 0.2) is 41.8 Å². The van der Waals surface area contributed by atoms with Gasteiger partial charge in [0.05, 0.1) is 12.6 Å². The molecule has 1 atom stereocenters. The molecule has 2 aliphatic heterocycles. The number of thiophene rings is 1. The van der Waals surface area contributed by atoms with Crippen LogP contribution in [0.5, 0.6) is 0 Å². The number of nitrogens with zero attached hydrogens (tertiary/aromatic N) is 3. The molecule has 2 aromatic rings. The van der Waals surface area contributed by atoms with Crippen molar-refractivity contribution in [3.05, 3.63) is 57.8 Å². The average molecular weight is 438 g/mol. The number of hydrogen-bond acceptors (Lipinski definition) is 4. The lowest BCUT2D eigenvalue weighted by molar-refractivity contribution is -0.142. The molecular weight excluding hydrogens is 406 g/mol. The van der Waals surface area contributed by atoms with Gasteiger partial charge in [-0.1, -0.05) is 43.2 Å². The summed E-state index contributed by atoms with van der Waals surface area (Å²) in [6.07, 6.45) is 5.45. The summed E-state index contributed by atoms with van der Waals surface area (Å²) >= 11 is 1.83. The largest absolute Gasteiger partial charge is 0.339 e. The maximum absolute atomic E-state index is 13.2. The second kappa shape index (κ2) is 9.13. The Morgan fingerprint density at radius 2 is 1.61 bits per heavy atom. The van der Waals surface area contributed by atoms with E-state index in [0.29, 0.717) is 38.6 Å². The molecule has 0 bridgehead atoms. The second-order valence-electron chi connectivity index (χ2n) is 9.02. The van der Waals surface area contributed by atoms with Crippen molar-refractivity contribution in [2.45, 2.75) is 38.1 Å². The minimum absolute atomic E-state index is 0.144. The highest BCUT2D eigenvalue weighted by Gasteiger charge is 2.34. The smallest absolute Gasteiger partial charge is 0.236 e. The van der Waals surface area contributed by atoms with Crippen LogP contribution >= 0.6 is 11.3 Å². The molecule has 1 saturated carbocycles. The minimum atomic E-state index is 0.144. The lowest BCUT2D eigenvalue weighted by Crippen LogP contribution is -2.54. The fourth-order valence-electron chi connectivity index (χ4n) is 5.45. The molecule has 1 aromatic carbocycles. The van der Waals surface area contributed by atoms with Gasteiger partial charge >= 0.3 is 0 Å². The van der Waals surface area contributed by atoms with Crippen molar-refractivity contribution in [1.82, 2.24) is 14.7 Å². The topological polar surface area (TPSA) is 43.9 Å². The molecule has 31 heavy (non-hydrogen) atoms. The van der Waals surface area contributed by atoms with Crippen molar-refractivity contribution in [1.29, 1.82) is 0 Å². The van der Waals surface area contributed by atoms with Crippen molar-refractivity contribution >= 4 is 23.2 Å². The third-order valence-corrected chi connectivity index (χ3v) is 8.16. The zero-order valence-corrected chi connectivity index (χ0v) is 18.9. The number of benzene rings is 1. The molecular formula is C25H31N3O2S. The van der Waals surface area contributed by atoms with E-state index in [4.69, 9.17) is 0 Å². The quantitative estimate of drug-likeness (QED) is 0.735. The first kappa shape index (κ1) is 20.7. The van der Waals surface area contributed by atoms with E-state index in [2.05, 4.69) is 40.6 Å². The van der Waals surface area contributed by atoms with Gasteiger partial charge in [-0.15, -0.1) is 11.3 Å². The molecule has 3 aliphatic rings. The summed E-state index contributed by atoms with van der Waals surface area (Å²) < 4.78 is 0. The molecule has 2 amide bonds. The summed E-state index contributed by atoms with van der Waals surface area (Å²) in [5.41, 5.74) is 2.60. The number of amides is 2. The van der Waals surface area contributed by atoms with E-state index in [1.165, 1.54) is 28.8 Å². The monoisotopic (exact) mass is 437 g/mol. The number of fused-ring (bicyclic) bond motifs is 1. The van der Waals surface area contributed by atoms with Gasteiger partial charge in [0.2, 0.25) is 11.8 Å². The normalized spacial score (nSPS) is 22.5. The Hall–Kier alpha value is -2.18. The van der Waals surface area contributed by atoms with Gasteiger partial charge in [0.15, 0.2) is 0 Å². The van der Waals surface area contributed by atoms with Gasteiger partial charge in [0.25, 0.3) is 0 Å². The van der Waals surface area contributed by atoms with Crippen molar-refractivity contribution in [3.8, 4) is 0 Å². The Labute approximate surface area is 188 Å². The highest BCUT2D eigenvalue weighted by Crippen LogP contribution is 2.37. The van der Waals surface area contributed by atoms with E-state index in [0.717, 1.165) is 25.8 Å². The molecule has 5 rings (SSSR count). The average Bonchev–Trinajstić information content (AvgIpc) is 3.51. The first-order valence-corrected chi connectivity index (χ1v) is 12.5. The molecule has 1 aromatic heterocycles. The molecule has 1 saturated heterocycles. The fraction of sp³-hybridized carbons (Fsp3) is 0.520. The van der Waals surface area contributed by atoms with Crippen molar-refractivity contribution in [3.63, 3.8) is 0 Å². The first-order chi connectivity index (χ1) is 15.2. The van der Waals surface area contributed by atoms with Crippen LogP contribution in [-0.2, 0) is 16.0 Å². The van der Waals surface area contributed by atoms with Crippen LogP contribution in [0.4, 0.5) is 0 Å².